The molecule has 0 saturated carbocycles. The van der Waals surface area contributed by atoms with Crippen molar-refractivity contribution in [3.8, 4) is 0 Å². The fourth-order valence-corrected chi connectivity index (χ4v) is 1.22. The molecule has 0 saturated heterocycles. The van der Waals surface area contributed by atoms with E-state index in [1.807, 2.05) is 0 Å². The van der Waals surface area contributed by atoms with Gasteiger partial charge in [-0.2, -0.15) is 0 Å². The van der Waals surface area contributed by atoms with Gasteiger partial charge in [0.2, 0.25) is 11.9 Å². The molecule has 1 amide bonds. The van der Waals surface area contributed by atoms with E-state index in [1.165, 1.54) is 12.4 Å². The van der Waals surface area contributed by atoms with Crippen LogP contribution >= 0.6 is 0 Å². The van der Waals surface area contributed by atoms with Crippen molar-refractivity contribution in [2.24, 2.45) is 0 Å². The standard InChI is InChI=1S/C11H16N4O3/c1-15(7-10(17)12-3-4-18-2)11-13-5-9(8-16)6-14-11/h5-6,8H,3-4,7H2,1-2H3,(H,12,17). The Balaban J connectivity index is 2.45. The second-order valence-corrected chi connectivity index (χ2v) is 3.63. The molecule has 0 unspecified atom stereocenters. The van der Waals surface area contributed by atoms with Gasteiger partial charge in [0.05, 0.1) is 18.7 Å². The molecule has 1 aromatic heterocycles. The van der Waals surface area contributed by atoms with Crippen molar-refractivity contribution in [2.45, 2.75) is 0 Å². The Labute approximate surface area is 105 Å². The molecular weight excluding hydrogens is 236 g/mol. The number of aldehydes is 1. The van der Waals surface area contributed by atoms with Crippen LogP contribution in [0.15, 0.2) is 12.4 Å². The minimum Gasteiger partial charge on any atom is -0.383 e. The fraction of sp³-hybridized carbons (Fsp3) is 0.455. The number of hydrogen-bond donors (Lipinski definition) is 1. The number of hydrogen-bond acceptors (Lipinski definition) is 6. The number of anilines is 1. The number of ether oxygens (including phenoxy) is 1. The Hall–Kier alpha value is -2.02. The van der Waals surface area contributed by atoms with E-state index >= 15 is 0 Å². The lowest BCUT2D eigenvalue weighted by Crippen LogP contribution is -2.37. The van der Waals surface area contributed by atoms with Gasteiger partial charge in [-0.3, -0.25) is 9.59 Å². The SMILES string of the molecule is COCCNC(=O)CN(C)c1ncc(C=O)cn1. The van der Waals surface area contributed by atoms with Gasteiger partial charge < -0.3 is 15.0 Å². The maximum absolute atomic E-state index is 11.5. The molecule has 7 heteroatoms. The number of nitrogens with zero attached hydrogens (tertiary/aromatic N) is 3. The first-order valence-corrected chi connectivity index (χ1v) is 5.41. The van der Waals surface area contributed by atoms with Crippen LogP contribution in [0.3, 0.4) is 0 Å². The van der Waals surface area contributed by atoms with E-state index in [2.05, 4.69) is 15.3 Å². The topological polar surface area (TPSA) is 84.4 Å². The third-order valence-corrected chi connectivity index (χ3v) is 2.14. The van der Waals surface area contributed by atoms with E-state index in [1.54, 1.807) is 19.1 Å². The molecule has 0 fully saturated rings. The summed E-state index contributed by atoms with van der Waals surface area (Å²) in [5.74, 6) is 0.250. The van der Waals surface area contributed by atoms with E-state index in [-0.39, 0.29) is 12.5 Å². The Kier molecular flexibility index (Phi) is 5.72. The zero-order valence-electron chi connectivity index (χ0n) is 10.4. The van der Waals surface area contributed by atoms with E-state index in [0.29, 0.717) is 30.9 Å². The van der Waals surface area contributed by atoms with Crippen LogP contribution in [-0.4, -0.2) is 56.0 Å². The monoisotopic (exact) mass is 252 g/mol. The molecule has 0 atom stereocenters. The summed E-state index contributed by atoms with van der Waals surface area (Å²) in [4.78, 5) is 31.5. The maximum atomic E-state index is 11.5. The Morgan fingerprint density at radius 2 is 2.17 bits per heavy atom. The van der Waals surface area contributed by atoms with E-state index in [9.17, 15) is 9.59 Å². The first kappa shape index (κ1) is 14.0. The lowest BCUT2D eigenvalue weighted by Gasteiger charge is -2.16. The highest BCUT2D eigenvalue weighted by molar-refractivity contribution is 5.80. The van der Waals surface area contributed by atoms with Crippen molar-refractivity contribution >= 4 is 18.1 Å². The van der Waals surface area contributed by atoms with Crippen LogP contribution < -0.4 is 10.2 Å². The summed E-state index contributed by atoms with van der Waals surface area (Å²) in [6.07, 6.45) is 3.49. The number of carbonyl (C=O) groups is 2. The van der Waals surface area contributed by atoms with Crippen LogP contribution in [0.1, 0.15) is 10.4 Å². The summed E-state index contributed by atoms with van der Waals surface area (Å²) in [7, 11) is 3.27. The van der Waals surface area contributed by atoms with Crippen LogP contribution in [0.25, 0.3) is 0 Å². The predicted molar refractivity (Wildman–Crippen MR) is 65.6 cm³/mol. The third-order valence-electron chi connectivity index (χ3n) is 2.14. The van der Waals surface area contributed by atoms with Crippen LogP contribution in [0, 0.1) is 0 Å². The molecule has 0 spiro atoms. The van der Waals surface area contributed by atoms with Gasteiger partial charge in [-0.25, -0.2) is 9.97 Å². The number of likely N-dealkylation sites (N-methyl/N-ethyl adjacent to an activating group) is 1. The molecule has 0 aliphatic heterocycles. The molecule has 0 aliphatic carbocycles. The van der Waals surface area contributed by atoms with Gasteiger partial charge >= 0.3 is 0 Å². The summed E-state index contributed by atoms with van der Waals surface area (Å²) in [6, 6.07) is 0. The van der Waals surface area contributed by atoms with Crippen molar-refractivity contribution < 1.29 is 14.3 Å². The number of rotatable bonds is 7. The van der Waals surface area contributed by atoms with Crippen molar-refractivity contribution in [1.29, 1.82) is 0 Å². The minimum absolute atomic E-state index is 0.141. The predicted octanol–water partition coefficient (Wildman–Crippen LogP) is -0.512. The number of methoxy groups -OCH3 is 1. The third kappa shape index (κ3) is 4.46. The Morgan fingerprint density at radius 3 is 2.72 bits per heavy atom. The smallest absolute Gasteiger partial charge is 0.239 e. The second-order valence-electron chi connectivity index (χ2n) is 3.63. The molecule has 7 nitrogen and oxygen atoms in total. The molecule has 1 aromatic rings. The average molecular weight is 252 g/mol. The quantitative estimate of drug-likeness (QED) is 0.519. The zero-order chi connectivity index (χ0) is 13.4. The molecule has 0 radical (unpaired) electrons. The highest BCUT2D eigenvalue weighted by Crippen LogP contribution is 2.03. The summed E-state index contributed by atoms with van der Waals surface area (Å²) in [6.45, 7) is 1.08. The maximum Gasteiger partial charge on any atom is 0.239 e. The average Bonchev–Trinajstić information content (AvgIpc) is 2.39. The number of carbonyl (C=O) groups excluding carboxylic acids is 2. The van der Waals surface area contributed by atoms with Gasteiger partial charge in [-0.1, -0.05) is 0 Å². The zero-order valence-corrected chi connectivity index (χ0v) is 10.4. The van der Waals surface area contributed by atoms with Gasteiger partial charge in [-0.05, 0) is 0 Å². The summed E-state index contributed by atoms with van der Waals surface area (Å²) in [5.41, 5.74) is 0.400. The highest BCUT2D eigenvalue weighted by Gasteiger charge is 2.09. The first-order valence-electron chi connectivity index (χ1n) is 5.41. The van der Waals surface area contributed by atoms with Crippen LogP contribution in [0.4, 0.5) is 5.95 Å². The Bertz CT molecular complexity index is 394. The molecule has 1 N–H and O–H groups in total. The van der Waals surface area contributed by atoms with Crippen LogP contribution in [0.2, 0.25) is 0 Å². The van der Waals surface area contributed by atoms with Crippen LogP contribution in [0.5, 0.6) is 0 Å². The lowest BCUT2D eigenvalue weighted by molar-refractivity contribution is -0.119. The molecule has 1 rings (SSSR count). The van der Waals surface area contributed by atoms with Crippen molar-refractivity contribution in [3.05, 3.63) is 18.0 Å². The van der Waals surface area contributed by atoms with E-state index in [0.717, 1.165) is 0 Å². The van der Waals surface area contributed by atoms with Crippen molar-refractivity contribution in [1.82, 2.24) is 15.3 Å². The molecule has 98 valence electrons. The highest BCUT2D eigenvalue weighted by atomic mass is 16.5. The molecule has 0 aromatic carbocycles. The van der Waals surface area contributed by atoms with Crippen molar-refractivity contribution in [3.63, 3.8) is 0 Å². The molecule has 18 heavy (non-hydrogen) atoms. The van der Waals surface area contributed by atoms with Crippen LogP contribution in [-0.2, 0) is 9.53 Å². The van der Waals surface area contributed by atoms with Crippen molar-refractivity contribution in [2.75, 3.05) is 38.8 Å². The number of amides is 1. The minimum atomic E-state index is -0.141. The first-order chi connectivity index (χ1) is 8.67. The Morgan fingerprint density at radius 1 is 1.50 bits per heavy atom. The van der Waals surface area contributed by atoms with Gasteiger partial charge in [0.15, 0.2) is 6.29 Å². The number of nitrogens with one attached hydrogen (secondary N) is 1. The molecule has 1 heterocycles. The number of aromatic nitrogens is 2. The molecular formula is C11H16N4O3. The summed E-state index contributed by atoms with van der Waals surface area (Å²) in [5, 5.41) is 2.69. The largest absolute Gasteiger partial charge is 0.383 e. The van der Waals surface area contributed by atoms with Gasteiger partial charge in [0.25, 0.3) is 0 Å². The fourth-order valence-electron chi connectivity index (χ4n) is 1.22. The van der Waals surface area contributed by atoms with Gasteiger partial charge in [0, 0.05) is 33.1 Å². The van der Waals surface area contributed by atoms with E-state index < -0.39 is 0 Å². The second kappa shape index (κ2) is 7.33. The lowest BCUT2D eigenvalue weighted by atomic mass is 10.4. The van der Waals surface area contributed by atoms with Gasteiger partial charge in [0.1, 0.15) is 0 Å². The van der Waals surface area contributed by atoms with E-state index in [4.69, 9.17) is 4.74 Å². The molecule has 0 bridgehead atoms. The van der Waals surface area contributed by atoms with Gasteiger partial charge in [-0.15, -0.1) is 0 Å². The molecule has 0 aliphatic rings. The summed E-state index contributed by atoms with van der Waals surface area (Å²) >= 11 is 0. The normalized spacial score (nSPS) is 9.89. The summed E-state index contributed by atoms with van der Waals surface area (Å²) < 4.78 is 4.82.